The van der Waals surface area contributed by atoms with Crippen molar-refractivity contribution in [1.82, 2.24) is 4.90 Å². The fraction of sp³-hybridized carbons (Fsp3) is 0.526. The molecule has 0 radical (unpaired) electrons. The minimum atomic E-state index is -1.56. The van der Waals surface area contributed by atoms with Crippen LogP contribution in [0.5, 0.6) is 5.75 Å². The lowest BCUT2D eigenvalue weighted by atomic mass is 10.2. The molecule has 0 bridgehead atoms. The monoisotopic (exact) mass is 425 g/mol. The minimum Gasteiger partial charge on any atom is -0.464 e. The third kappa shape index (κ3) is 7.32. The topological polar surface area (TPSA) is 148 Å². The molecule has 0 aliphatic heterocycles. The Kier molecular flexibility index (Phi) is 9.69. The summed E-state index contributed by atoms with van der Waals surface area (Å²) in [5, 5.41) is 23.8. The number of nitro groups is 1. The first-order chi connectivity index (χ1) is 14.1. The molecule has 166 valence electrons. The number of nitrogens with one attached hydrogen (secondary N) is 1. The maximum absolute atomic E-state index is 12.8. The van der Waals surface area contributed by atoms with Crippen LogP contribution in [0, 0.1) is 16.0 Å². The number of para-hydroxylation sites is 1. The molecule has 0 saturated carbocycles. The van der Waals surface area contributed by atoms with Crippen LogP contribution in [0.2, 0.25) is 0 Å². The van der Waals surface area contributed by atoms with Crippen LogP contribution in [0.3, 0.4) is 0 Å². The Bertz CT molecular complexity index is 781. The number of aliphatic hydroxyl groups excluding tert-OH is 1. The number of hydrogen-bond acceptors (Lipinski definition) is 8. The van der Waals surface area contributed by atoms with E-state index in [0.29, 0.717) is 0 Å². The van der Waals surface area contributed by atoms with Crippen molar-refractivity contribution in [2.75, 3.05) is 25.0 Å². The SMILES string of the molecule is CCOC(=O)C(O)CN(CC(C)C)C(=O)Nc1cccc([N+](=O)[O-])c1OC(=O)CC. The van der Waals surface area contributed by atoms with Gasteiger partial charge in [-0.15, -0.1) is 0 Å². The van der Waals surface area contributed by atoms with Crippen molar-refractivity contribution >= 4 is 29.3 Å². The van der Waals surface area contributed by atoms with E-state index in [0.717, 1.165) is 6.07 Å². The van der Waals surface area contributed by atoms with Crippen LogP contribution in [0.15, 0.2) is 18.2 Å². The summed E-state index contributed by atoms with van der Waals surface area (Å²) < 4.78 is 9.81. The summed E-state index contributed by atoms with van der Waals surface area (Å²) in [5.41, 5.74) is -0.577. The number of ether oxygens (including phenoxy) is 2. The second-order valence-corrected chi connectivity index (χ2v) is 6.74. The van der Waals surface area contributed by atoms with Crippen molar-refractivity contribution in [3.63, 3.8) is 0 Å². The molecular weight excluding hydrogens is 398 g/mol. The second kappa shape index (κ2) is 11.7. The van der Waals surface area contributed by atoms with E-state index < -0.39 is 40.4 Å². The summed E-state index contributed by atoms with van der Waals surface area (Å²) in [6, 6.07) is 3.08. The first kappa shape index (κ1) is 24.8. The summed E-state index contributed by atoms with van der Waals surface area (Å²) in [4.78, 5) is 48.0. The molecule has 11 nitrogen and oxygen atoms in total. The zero-order valence-corrected chi connectivity index (χ0v) is 17.4. The van der Waals surface area contributed by atoms with E-state index in [9.17, 15) is 29.6 Å². The van der Waals surface area contributed by atoms with Gasteiger partial charge in [0.25, 0.3) is 0 Å². The number of carbonyl (C=O) groups is 3. The summed E-state index contributed by atoms with van der Waals surface area (Å²) in [5.74, 6) is -1.98. The molecule has 1 aromatic rings. The average Bonchev–Trinajstić information content (AvgIpc) is 2.67. The van der Waals surface area contributed by atoms with Gasteiger partial charge in [-0.25, -0.2) is 9.59 Å². The van der Waals surface area contributed by atoms with E-state index in [1.165, 1.54) is 24.0 Å². The molecule has 2 N–H and O–H groups in total. The summed E-state index contributed by atoms with van der Waals surface area (Å²) >= 11 is 0. The average molecular weight is 425 g/mol. The van der Waals surface area contributed by atoms with Crippen LogP contribution >= 0.6 is 0 Å². The first-order valence-corrected chi connectivity index (χ1v) is 9.49. The number of anilines is 1. The second-order valence-electron chi connectivity index (χ2n) is 6.74. The molecule has 11 heteroatoms. The number of benzene rings is 1. The van der Waals surface area contributed by atoms with Crippen LogP contribution in [0.25, 0.3) is 0 Å². The molecule has 1 rings (SSSR count). The van der Waals surface area contributed by atoms with E-state index in [-0.39, 0.29) is 37.7 Å². The van der Waals surface area contributed by atoms with Gasteiger partial charge in [-0.2, -0.15) is 0 Å². The fourth-order valence-electron chi connectivity index (χ4n) is 2.46. The standard InChI is InChI=1S/C19H27N3O8/c1-5-16(24)30-17-13(8-7-9-14(17)22(27)28)20-19(26)21(10-12(3)4)11-15(23)18(25)29-6-2/h7-9,12,15,23H,5-6,10-11H2,1-4H3,(H,20,26). The zero-order valence-electron chi connectivity index (χ0n) is 17.4. The molecule has 2 amide bonds. The van der Waals surface area contributed by atoms with Crippen LogP contribution in [0.1, 0.15) is 34.1 Å². The van der Waals surface area contributed by atoms with Gasteiger partial charge in [-0.05, 0) is 18.9 Å². The number of carbonyl (C=O) groups excluding carboxylic acids is 3. The molecule has 1 atom stereocenters. The normalized spacial score (nSPS) is 11.5. The van der Waals surface area contributed by atoms with Crippen LogP contribution in [-0.4, -0.2) is 58.7 Å². The quantitative estimate of drug-likeness (QED) is 0.251. The number of rotatable bonds is 10. The Morgan fingerprint density at radius 1 is 1.23 bits per heavy atom. The number of amides is 2. The van der Waals surface area contributed by atoms with E-state index in [2.05, 4.69) is 5.32 Å². The molecule has 0 fully saturated rings. The van der Waals surface area contributed by atoms with Gasteiger partial charge in [0, 0.05) is 19.0 Å². The Balaban J connectivity index is 3.15. The fourth-order valence-corrected chi connectivity index (χ4v) is 2.46. The highest BCUT2D eigenvalue weighted by molar-refractivity contribution is 5.93. The highest BCUT2D eigenvalue weighted by atomic mass is 16.6. The number of aliphatic hydroxyl groups is 1. The van der Waals surface area contributed by atoms with Gasteiger partial charge in [0.1, 0.15) is 0 Å². The van der Waals surface area contributed by atoms with E-state index in [1.807, 2.05) is 13.8 Å². The molecule has 0 heterocycles. The largest absolute Gasteiger partial charge is 0.464 e. The molecule has 30 heavy (non-hydrogen) atoms. The number of hydrogen-bond donors (Lipinski definition) is 2. The van der Waals surface area contributed by atoms with Gasteiger partial charge in [-0.1, -0.05) is 26.8 Å². The lowest BCUT2D eigenvalue weighted by Crippen LogP contribution is -2.45. The smallest absolute Gasteiger partial charge is 0.336 e. The number of urea groups is 1. The molecular formula is C19H27N3O8. The van der Waals surface area contributed by atoms with Gasteiger partial charge in [0.05, 0.1) is 23.8 Å². The molecule has 0 saturated heterocycles. The third-order valence-electron chi connectivity index (χ3n) is 3.76. The predicted octanol–water partition coefficient (Wildman–Crippen LogP) is 2.32. The van der Waals surface area contributed by atoms with E-state index in [1.54, 1.807) is 6.92 Å². The maximum atomic E-state index is 12.8. The van der Waals surface area contributed by atoms with Crippen molar-refractivity contribution in [2.45, 2.75) is 40.2 Å². The van der Waals surface area contributed by atoms with Crippen molar-refractivity contribution in [3.05, 3.63) is 28.3 Å². The molecule has 1 unspecified atom stereocenters. The van der Waals surface area contributed by atoms with Crippen LogP contribution in [0.4, 0.5) is 16.2 Å². The van der Waals surface area contributed by atoms with Crippen LogP contribution < -0.4 is 10.1 Å². The zero-order chi connectivity index (χ0) is 22.8. The van der Waals surface area contributed by atoms with Gasteiger partial charge in [-0.3, -0.25) is 14.9 Å². The van der Waals surface area contributed by atoms with Gasteiger partial charge >= 0.3 is 23.7 Å². The summed E-state index contributed by atoms with van der Waals surface area (Å²) in [6.07, 6.45) is -1.58. The van der Waals surface area contributed by atoms with Gasteiger partial charge < -0.3 is 24.8 Å². The predicted molar refractivity (Wildman–Crippen MR) is 107 cm³/mol. The third-order valence-corrected chi connectivity index (χ3v) is 3.76. The Hall–Kier alpha value is -3.21. The van der Waals surface area contributed by atoms with Crippen molar-refractivity contribution in [1.29, 1.82) is 0 Å². The lowest BCUT2D eigenvalue weighted by molar-refractivity contribution is -0.385. The molecule has 0 aromatic heterocycles. The van der Waals surface area contributed by atoms with Crippen molar-refractivity contribution in [2.24, 2.45) is 5.92 Å². The first-order valence-electron chi connectivity index (χ1n) is 9.49. The van der Waals surface area contributed by atoms with Crippen molar-refractivity contribution < 1.29 is 33.9 Å². The Morgan fingerprint density at radius 2 is 1.90 bits per heavy atom. The molecule has 0 aliphatic carbocycles. The van der Waals surface area contributed by atoms with E-state index in [4.69, 9.17) is 9.47 Å². The number of esters is 2. The van der Waals surface area contributed by atoms with Crippen molar-refractivity contribution in [3.8, 4) is 5.75 Å². The molecule has 1 aromatic carbocycles. The Labute approximate surface area is 174 Å². The summed E-state index contributed by atoms with van der Waals surface area (Å²) in [7, 11) is 0. The highest BCUT2D eigenvalue weighted by Gasteiger charge is 2.27. The molecule has 0 spiro atoms. The lowest BCUT2D eigenvalue weighted by Gasteiger charge is -2.26. The number of nitrogens with zero attached hydrogens (tertiary/aromatic N) is 2. The molecule has 0 aliphatic rings. The Morgan fingerprint density at radius 3 is 2.43 bits per heavy atom. The number of nitro benzene ring substituents is 1. The van der Waals surface area contributed by atoms with Gasteiger partial charge in [0.15, 0.2) is 6.10 Å². The highest BCUT2D eigenvalue weighted by Crippen LogP contribution is 2.35. The summed E-state index contributed by atoms with van der Waals surface area (Å²) in [6.45, 7) is 6.69. The van der Waals surface area contributed by atoms with Gasteiger partial charge in [0.2, 0.25) is 5.75 Å². The van der Waals surface area contributed by atoms with Crippen LogP contribution in [-0.2, 0) is 14.3 Å². The minimum absolute atomic E-state index is 0.00681. The maximum Gasteiger partial charge on any atom is 0.336 e. The van der Waals surface area contributed by atoms with E-state index >= 15 is 0 Å².